The standard InChI is InChI=1S/C13H21ClN4O/c1-2-7-18-13(19)12(14)11(9-16-18)17-10-5-3-4-6-15-8-10/h9-10,15,17H,2-8H2,1H3. The van der Waals surface area contributed by atoms with Crippen molar-refractivity contribution in [1.82, 2.24) is 15.1 Å². The summed E-state index contributed by atoms with van der Waals surface area (Å²) in [6.07, 6.45) is 5.99. The first-order valence-electron chi connectivity index (χ1n) is 6.95. The van der Waals surface area contributed by atoms with Crippen molar-refractivity contribution in [1.29, 1.82) is 0 Å². The summed E-state index contributed by atoms with van der Waals surface area (Å²) in [6.45, 7) is 4.56. The van der Waals surface area contributed by atoms with Gasteiger partial charge in [0, 0.05) is 19.1 Å². The van der Waals surface area contributed by atoms with Crippen LogP contribution in [-0.4, -0.2) is 28.9 Å². The predicted octanol–water partition coefficient (Wildman–Crippen LogP) is 1.86. The molecule has 1 aromatic rings. The first-order chi connectivity index (χ1) is 9.22. The molecule has 1 aromatic heterocycles. The van der Waals surface area contributed by atoms with Crippen LogP contribution in [0.4, 0.5) is 5.69 Å². The Morgan fingerprint density at radius 1 is 1.58 bits per heavy atom. The molecule has 2 N–H and O–H groups in total. The van der Waals surface area contributed by atoms with Gasteiger partial charge in [-0.25, -0.2) is 4.68 Å². The fraction of sp³-hybridized carbons (Fsp3) is 0.692. The lowest BCUT2D eigenvalue weighted by molar-refractivity contribution is 0.566. The Bertz CT molecular complexity index is 466. The minimum atomic E-state index is -0.213. The number of aromatic nitrogens is 2. The summed E-state index contributed by atoms with van der Waals surface area (Å²) < 4.78 is 1.42. The van der Waals surface area contributed by atoms with Crippen LogP contribution in [0.3, 0.4) is 0 Å². The summed E-state index contributed by atoms with van der Waals surface area (Å²) in [6, 6.07) is 0.309. The lowest BCUT2D eigenvalue weighted by atomic mass is 10.1. The highest BCUT2D eigenvalue weighted by Crippen LogP contribution is 2.18. The number of nitrogens with zero attached hydrogens (tertiary/aromatic N) is 2. The number of halogens is 1. The Labute approximate surface area is 118 Å². The molecular formula is C13H21ClN4O. The van der Waals surface area contributed by atoms with Gasteiger partial charge in [0.15, 0.2) is 0 Å². The molecule has 2 heterocycles. The van der Waals surface area contributed by atoms with Crippen LogP contribution in [0.2, 0.25) is 5.02 Å². The molecule has 106 valence electrons. The van der Waals surface area contributed by atoms with Gasteiger partial charge in [-0.15, -0.1) is 0 Å². The lowest BCUT2D eigenvalue weighted by Gasteiger charge is -2.18. The highest BCUT2D eigenvalue weighted by atomic mass is 35.5. The number of aryl methyl sites for hydroxylation is 1. The van der Waals surface area contributed by atoms with Crippen LogP contribution < -0.4 is 16.2 Å². The van der Waals surface area contributed by atoms with E-state index in [-0.39, 0.29) is 10.6 Å². The molecule has 1 aliphatic rings. The normalized spacial score (nSPS) is 20.0. The minimum absolute atomic E-state index is 0.213. The molecule has 2 rings (SSSR count). The molecular weight excluding hydrogens is 264 g/mol. The summed E-state index contributed by atoms with van der Waals surface area (Å²) >= 11 is 6.14. The molecule has 1 fully saturated rings. The van der Waals surface area contributed by atoms with Gasteiger partial charge in [0.25, 0.3) is 5.56 Å². The van der Waals surface area contributed by atoms with Crippen molar-refractivity contribution in [3.05, 3.63) is 21.6 Å². The monoisotopic (exact) mass is 284 g/mol. The van der Waals surface area contributed by atoms with Gasteiger partial charge < -0.3 is 10.6 Å². The molecule has 19 heavy (non-hydrogen) atoms. The third kappa shape index (κ3) is 3.70. The van der Waals surface area contributed by atoms with Gasteiger partial charge in [-0.3, -0.25) is 4.79 Å². The third-order valence-electron chi connectivity index (χ3n) is 3.33. The molecule has 0 saturated carbocycles. The predicted molar refractivity (Wildman–Crippen MR) is 77.9 cm³/mol. The topological polar surface area (TPSA) is 59.0 Å². The van der Waals surface area contributed by atoms with Crippen molar-refractivity contribution >= 4 is 17.3 Å². The summed E-state index contributed by atoms with van der Waals surface area (Å²) in [5.74, 6) is 0. The molecule has 0 radical (unpaired) electrons. The van der Waals surface area contributed by atoms with Crippen molar-refractivity contribution in [3.63, 3.8) is 0 Å². The Balaban J connectivity index is 2.12. The van der Waals surface area contributed by atoms with Crippen molar-refractivity contribution in [2.45, 2.75) is 45.2 Å². The molecule has 5 nitrogen and oxygen atoms in total. The second-order valence-corrected chi connectivity index (χ2v) is 5.32. The molecule has 1 atom stereocenters. The lowest BCUT2D eigenvalue weighted by Crippen LogP contribution is -2.32. The highest BCUT2D eigenvalue weighted by Gasteiger charge is 2.15. The SMILES string of the molecule is CCCn1ncc(NC2CCCCNC2)c(Cl)c1=O. The largest absolute Gasteiger partial charge is 0.378 e. The fourth-order valence-electron chi connectivity index (χ4n) is 2.30. The molecule has 0 bridgehead atoms. The Hall–Kier alpha value is -1.07. The van der Waals surface area contributed by atoms with E-state index in [9.17, 15) is 4.79 Å². The van der Waals surface area contributed by atoms with Crippen molar-refractivity contribution < 1.29 is 0 Å². The Morgan fingerprint density at radius 2 is 2.42 bits per heavy atom. The minimum Gasteiger partial charge on any atom is -0.378 e. The number of anilines is 1. The first kappa shape index (κ1) is 14.3. The van der Waals surface area contributed by atoms with Gasteiger partial charge in [0.2, 0.25) is 0 Å². The van der Waals surface area contributed by atoms with E-state index in [1.807, 2.05) is 6.92 Å². The second-order valence-electron chi connectivity index (χ2n) is 4.94. The Kier molecular flexibility index (Phi) is 5.22. The van der Waals surface area contributed by atoms with Gasteiger partial charge in [-0.2, -0.15) is 5.10 Å². The zero-order valence-corrected chi connectivity index (χ0v) is 12.0. The average Bonchev–Trinajstić information content (AvgIpc) is 2.67. The van der Waals surface area contributed by atoms with E-state index in [2.05, 4.69) is 15.7 Å². The van der Waals surface area contributed by atoms with Gasteiger partial charge in [0.1, 0.15) is 5.02 Å². The molecule has 0 amide bonds. The molecule has 0 spiro atoms. The quantitative estimate of drug-likeness (QED) is 0.886. The van der Waals surface area contributed by atoms with Crippen LogP contribution in [0.25, 0.3) is 0 Å². The van der Waals surface area contributed by atoms with Gasteiger partial charge in [-0.05, 0) is 25.8 Å². The summed E-state index contributed by atoms with van der Waals surface area (Å²) in [4.78, 5) is 12.0. The van der Waals surface area contributed by atoms with E-state index in [1.165, 1.54) is 17.5 Å². The molecule has 1 aliphatic heterocycles. The molecule has 1 saturated heterocycles. The maximum absolute atomic E-state index is 12.0. The van der Waals surface area contributed by atoms with Gasteiger partial charge >= 0.3 is 0 Å². The van der Waals surface area contributed by atoms with Crippen molar-refractivity contribution in [2.24, 2.45) is 0 Å². The van der Waals surface area contributed by atoms with E-state index in [0.717, 1.165) is 25.9 Å². The van der Waals surface area contributed by atoms with E-state index in [4.69, 9.17) is 11.6 Å². The molecule has 0 aliphatic carbocycles. The van der Waals surface area contributed by atoms with Gasteiger partial charge in [0.05, 0.1) is 11.9 Å². The van der Waals surface area contributed by atoms with Gasteiger partial charge in [-0.1, -0.05) is 24.9 Å². The van der Waals surface area contributed by atoms with Crippen LogP contribution >= 0.6 is 11.6 Å². The highest BCUT2D eigenvalue weighted by molar-refractivity contribution is 6.32. The number of rotatable bonds is 4. The first-order valence-corrected chi connectivity index (χ1v) is 7.33. The van der Waals surface area contributed by atoms with Crippen LogP contribution in [0.1, 0.15) is 32.6 Å². The zero-order chi connectivity index (χ0) is 13.7. The van der Waals surface area contributed by atoms with Crippen LogP contribution in [-0.2, 0) is 6.54 Å². The molecule has 1 unspecified atom stereocenters. The number of nitrogens with one attached hydrogen (secondary N) is 2. The third-order valence-corrected chi connectivity index (χ3v) is 3.69. The van der Waals surface area contributed by atoms with Crippen LogP contribution in [0, 0.1) is 0 Å². The summed E-state index contributed by atoms with van der Waals surface area (Å²) in [7, 11) is 0. The summed E-state index contributed by atoms with van der Waals surface area (Å²) in [5, 5.41) is 11.1. The van der Waals surface area contributed by atoms with Crippen LogP contribution in [0.5, 0.6) is 0 Å². The smallest absolute Gasteiger partial charge is 0.287 e. The number of hydrogen-bond donors (Lipinski definition) is 2. The van der Waals surface area contributed by atoms with E-state index >= 15 is 0 Å². The van der Waals surface area contributed by atoms with Crippen LogP contribution in [0.15, 0.2) is 11.0 Å². The Morgan fingerprint density at radius 3 is 3.21 bits per heavy atom. The van der Waals surface area contributed by atoms with E-state index in [1.54, 1.807) is 6.20 Å². The average molecular weight is 285 g/mol. The van der Waals surface area contributed by atoms with Crippen molar-refractivity contribution in [3.8, 4) is 0 Å². The van der Waals surface area contributed by atoms with Crippen molar-refractivity contribution in [2.75, 3.05) is 18.4 Å². The van der Waals surface area contributed by atoms with E-state index in [0.29, 0.717) is 18.3 Å². The fourth-order valence-corrected chi connectivity index (χ4v) is 2.50. The number of hydrogen-bond acceptors (Lipinski definition) is 4. The molecule has 6 heteroatoms. The summed E-state index contributed by atoms with van der Waals surface area (Å²) in [5.41, 5.74) is 0.433. The molecule has 0 aromatic carbocycles. The maximum atomic E-state index is 12.0. The van der Waals surface area contributed by atoms with E-state index < -0.39 is 0 Å². The zero-order valence-electron chi connectivity index (χ0n) is 11.3. The maximum Gasteiger partial charge on any atom is 0.287 e. The second kappa shape index (κ2) is 6.91.